The van der Waals surface area contributed by atoms with Gasteiger partial charge in [-0.2, -0.15) is 8.78 Å². The molecule has 7 heteroatoms. The second kappa shape index (κ2) is 6.66. The van der Waals surface area contributed by atoms with Crippen LogP contribution in [0.15, 0.2) is 46.9 Å². The highest BCUT2D eigenvalue weighted by molar-refractivity contribution is 5.94. The van der Waals surface area contributed by atoms with E-state index in [1.165, 1.54) is 12.1 Å². The second-order valence-electron chi connectivity index (χ2n) is 5.16. The van der Waals surface area contributed by atoms with Gasteiger partial charge in [0.2, 0.25) is 5.91 Å². The van der Waals surface area contributed by atoms with Gasteiger partial charge in [-0.05, 0) is 29.8 Å². The molecule has 0 aliphatic rings. The number of aryl methyl sites for hydroxylation is 1. The molecule has 1 amide bonds. The van der Waals surface area contributed by atoms with E-state index in [4.69, 9.17) is 4.42 Å². The fourth-order valence-corrected chi connectivity index (χ4v) is 2.30. The first kappa shape index (κ1) is 15.9. The van der Waals surface area contributed by atoms with Crippen LogP contribution < -0.4 is 10.1 Å². The number of ether oxygens (including phenoxy) is 1. The summed E-state index contributed by atoms with van der Waals surface area (Å²) in [4.78, 5) is 16.3. The quantitative estimate of drug-likeness (QED) is 0.769. The van der Waals surface area contributed by atoms with Crippen molar-refractivity contribution in [3.05, 3.63) is 53.9 Å². The highest BCUT2D eigenvalue weighted by Crippen LogP contribution is 2.20. The maximum atomic E-state index is 12.1. The van der Waals surface area contributed by atoms with Gasteiger partial charge in [-0.3, -0.25) is 4.79 Å². The lowest BCUT2D eigenvalue weighted by atomic mass is 10.1. The average molecular weight is 332 g/mol. The summed E-state index contributed by atoms with van der Waals surface area (Å²) in [5.41, 5.74) is 2.60. The summed E-state index contributed by atoms with van der Waals surface area (Å²) in [6, 6.07) is 11.1. The Labute approximate surface area is 136 Å². The molecule has 1 N–H and O–H groups in total. The fourth-order valence-electron chi connectivity index (χ4n) is 2.30. The third kappa shape index (κ3) is 3.87. The molecule has 0 fully saturated rings. The molecule has 0 atom stereocenters. The zero-order chi connectivity index (χ0) is 17.1. The number of amides is 1. The van der Waals surface area contributed by atoms with Gasteiger partial charge in [-0.15, -0.1) is 0 Å². The Kier molecular flexibility index (Phi) is 4.41. The van der Waals surface area contributed by atoms with Crippen LogP contribution in [-0.2, 0) is 11.2 Å². The third-order valence-corrected chi connectivity index (χ3v) is 3.29. The Bertz CT molecular complexity index is 860. The van der Waals surface area contributed by atoms with E-state index in [-0.39, 0.29) is 18.1 Å². The normalized spacial score (nSPS) is 11.0. The Balaban J connectivity index is 1.63. The van der Waals surface area contributed by atoms with Gasteiger partial charge in [0.1, 0.15) is 11.3 Å². The lowest BCUT2D eigenvalue weighted by Crippen LogP contribution is -2.14. The van der Waals surface area contributed by atoms with Gasteiger partial charge < -0.3 is 14.5 Å². The number of alkyl halides is 2. The van der Waals surface area contributed by atoms with Crippen LogP contribution in [0.2, 0.25) is 0 Å². The lowest BCUT2D eigenvalue weighted by molar-refractivity contribution is -0.115. The summed E-state index contributed by atoms with van der Waals surface area (Å²) in [7, 11) is 0. The first-order valence-corrected chi connectivity index (χ1v) is 7.20. The van der Waals surface area contributed by atoms with E-state index in [9.17, 15) is 13.6 Å². The molecular formula is C17H14F2N2O3. The maximum Gasteiger partial charge on any atom is 0.387 e. The summed E-state index contributed by atoms with van der Waals surface area (Å²) in [6.45, 7) is -1.12. The van der Waals surface area contributed by atoms with E-state index in [2.05, 4.69) is 15.0 Å². The number of hydrogen-bond acceptors (Lipinski definition) is 4. The van der Waals surface area contributed by atoms with Crippen molar-refractivity contribution < 1.29 is 22.7 Å². The first-order valence-electron chi connectivity index (χ1n) is 7.20. The molecule has 0 spiro atoms. The van der Waals surface area contributed by atoms with Crippen LogP contribution >= 0.6 is 0 Å². The zero-order valence-corrected chi connectivity index (χ0v) is 12.8. The molecule has 1 heterocycles. The molecule has 3 rings (SSSR count). The molecule has 0 saturated carbocycles. The fraction of sp³-hybridized carbons (Fsp3) is 0.176. The first-order chi connectivity index (χ1) is 11.5. The van der Waals surface area contributed by atoms with Crippen molar-refractivity contribution in [2.24, 2.45) is 0 Å². The monoisotopic (exact) mass is 332 g/mol. The Morgan fingerprint density at radius 2 is 2.00 bits per heavy atom. The minimum Gasteiger partial charge on any atom is -0.441 e. The van der Waals surface area contributed by atoms with Crippen LogP contribution in [0.5, 0.6) is 5.75 Å². The Hall–Kier alpha value is -2.96. The van der Waals surface area contributed by atoms with Crippen molar-refractivity contribution in [2.45, 2.75) is 20.0 Å². The number of benzene rings is 2. The molecule has 0 bridgehead atoms. The van der Waals surface area contributed by atoms with E-state index in [0.29, 0.717) is 22.7 Å². The summed E-state index contributed by atoms with van der Waals surface area (Å²) in [5, 5.41) is 2.76. The molecule has 3 aromatic rings. The summed E-state index contributed by atoms with van der Waals surface area (Å²) in [5.74, 6) is 0.382. The van der Waals surface area contributed by atoms with Crippen LogP contribution in [0.3, 0.4) is 0 Å². The number of fused-ring (bicyclic) bond motifs is 1. The second-order valence-corrected chi connectivity index (χ2v) is 5.16. The number of aromatic nitrogens is 1. The van der Waals surface area contributed by atoms with Crippen LogP contribution in [0, 0.1) is 6.92 Å². The van der Waals surface area contributed by atoms with Gasteiger partial charge >= 0.3 is 6.61 Å². The predicted molar refractivity (Wildman–Crippen MR) is 84.2 cm³/mol. The number of hydrogen-bond donors (Lipinski definition) is 1. The molecule has 0 aliphatic heterocycles. The number of nitrogens with zero attached hydrogens (tertiary/aromatic N) is 1. The van der Waals surface area contributed by atoms with Crippen LogP contribution in [-0.4, -0.2) is 17.5 Å². The Morgan fingerprint density at radius 3 is 2.71 bits per heavy atom. The SMILES string of the molecule is Cc1nc2ccc(NC(=O)Cc3ccc(OC(F)F)cc3)cc2o1. The number of carbonyl (C=O) groups excluding carboxylic acids is 1. The van der Waals surface area contributed by atoms with Crippen molar-refractivity contribution in [3.63, 3.8) is 0 Å². The number of oxazole rings is 1. The van der Waals surface area contributed by atoms with Crippen molar-refractivity contribution in [1.82, 2.24) is 4.98 Å². The van der Waals surface area contributed by atoms with E-state index < -0.39 is 6.61 Å². The molecule has 124 valence electrons. The van der Waals surface area contributed by atoms with Crippen LogP contribution in [0.25, 0.3) is 11.1 Å². The molecular weight excluding hydrogens is 318 g/mol. The molecule has 5 nitrogen and oxygen atoms in total. The molecule has 2 aromatic carbocycles. The number of carbonyl (C=O) groups is 1. The molecule has 0 unspecified atom stereocenters. The van der Waals surface area contributed by atoms with Crippen LogP contribution in [0.1, 0.15) is 11.5 Å². The van der Waals surface area contributed by atoms with Crippen molar-refractivity contribution in [1.29, 1.82) is 0 Å². The average Bonchev–Trinajstić information content (AvgIpc) is 2.88. The summed E-state index contributed by atoms with van der Waals surface area (Å²) >= 11 is 0. The summed E-state index contributed by atoms with van der Waals surface area (Å²) in [6.07, 6.45) is 0.114. The minimum atomic E-state index is -2.87. The maximum absolute atomic E-state index is 12.1. The van der Waals surface area contributed by atoms with Gasteiger partial charge in [-0.25, -0.2) is 4.98 Å². The van der Waals surface area contributed by atoms with Gasteiger partial charge in [-0.1, -0.05) is 12.1 Å². The lowest BCUT2D eigenvalue weighted by Gasteiger charge is -2.07. The molecule has 24 heavy (non-hydrogen) atoms. The van der Waals surface area contributed by atoms with Gasteiger partial charge in [0.15, 0.2) is 11.5 Å². The number of nitrogens with one attached hydrogen (secondary N) is 1. The van der Waals surface area contributed by atoms with Crippen molar-refractivity contribution in [3.8, 4) is 5.75 Å². The van der Waals surface area contributed by atoms with E-state index in [1.54, 1.807) is 37.3 Å². The van der Waals surface area contributed by atoms with Gasteiger partial charge in [0.05, 0.1) is 6.42 Å². The Morgan fingerprint density at radius 1 is 1.25 bits per heavy atom. The standard InChI is InChI=1S/C17H14F2N2O3/c1-10-20-14-7-4-12(9-15(14)23-10)21-16(22)8-11-2-5-13(6-3-11)24-17(18)19/h2-7,9,17H,8H2,1H3,(H,21,22). The van der Waals surface area contributed by atoms with Gasteiger partial charge in [0.25, 0.3) is 0 Å². The number of halogens is 2. The molecule has 1 aromatic heterocycles. The summed E-state index contributed by atoms with van der Waals surface area (Å²) < 4.78 is 33.9. The molecule has 0 saturated heterocycles. The zero-order valence-electron chi connectivity index (χ0n) is 12.8. The number of rotatable bonds is 5. The van der Waals surface area contributed by atoms with Gasteiger partial charge in [0, 0.05) is 18.7 Å². The molecule has 0 radical (unpaired) electrons. The molecule has 0 aliphatic carbocycles. The smallest absolute Gasteiger partial charge is 0.387 e. The topological polar surface area (TPSA) is 64.4 Å². The highest BCUT2D eigenvalue weighted by Gasteiger charge is 2.08. The van der Waals surface area contributed by atoms with Crippen molar-refractivity contribution in [2.75, 3.05) is 5.32 Å². The van der Waals surface area contributed by atoms with Crippen LogP contribution in [0.4, 0.5) is 14.5 Å². The number of anilines is 1. The minimum absolute atomic E-state index is 0.0558. The predicted octanol–water partition coefficient (Wildman–Crippen LogP) is 3.92. The third-order valence-electron chi connectivity index (χ3n) is 3.29. The van der Waals surface area contributed by atoms with E-state index in [1.807, 2.05) is 0 Å². The van der Waals surface area contributed by atoms with E-state index in [0.717, 1.165) is 5.52 Å². The highest BCUT2D eigenvalue weighted by atomic mass is 19.3. The van der Waals surface area contributed by atoms with E-state index >= 15 is 0 Å². The largest absolute Gasteiger partial charge is 0.441 e. The van der Waals surface area contributed by atoms with Crippen molar-refractivity contribution >= 4 is 22.7 Å².